The molecule has 1 N–H and O–H groups in total. The molecule has 0 bridgehead atoms. The highest BCUT2D eigenvalue weighted by atomic mass is 16.5. The van der Waals surface area contributed by atoms with Gasteiger partial charge in [0, 0.05) is 12.5 Å². The first kappa shape index (κ1) is 16.1. The lowest BCUT2D eigenvalue weighted by Crippen LogP contribution is -2.43. The molecule has 2 atom stereocenters. The lowest BCUT2D eigenvalue weighted by atomic mass is 9.71. The highest BCUT2D eigenvalue weighted by Gasteiger charge is 2.40. The molecule has 0 heterocycles. The fourth-order valence-corrected chi connectivity index (χ4v) is 3.40. The molecule has 118 valence electrons. The Hall–Kier alpha value is -1.26. The standard InChI is InChI=1S/C17H27NO3/c1-18(2)12-14-7-5-6-10-17(14,19)13-8-9-15(20-3)16(11-13)21-4/h8-9,11,14,19H,5-7,10,12H2,1-4H3. The first-order chi connectivity index (χ1) is 10.0. The molecule has 1 saturated carbocycles. The van der Waals surface area contributed by atoms with Gasteiger partial charge in [-0.05, 0) is 44.6 Å². The Bertz CT molecular complexity index is 475. The Kier molecular flexibility index (Phi) is 5.12. The minimum atomic E-state index is -0.776. The number of rotatable bonds is 5. The molecule has 0 radical (unpaired) electrons. The third kappa shape index (κ3) is 3.33. The van der Waals surface area contributed by atoms with Gasteiger partial charge < -0.3 is 19.5 Å². The summed E-state index contributed by atoms with van der Waals surface area (Å²) in [6, 6.07) is 5.77. The van der Waals surface area contributed by atoms with Crippen molar-refractivity contribution in [2.24, 2.45) is 5.92 Å². The van der Waals surface area contributed by atoms with Crippen molar-refractivity contribution >= 4 is 0 Å². The second kappa shape index (κ2) is 6.67. The predicted octanol–water partition coefficient (Wildman–Crippen LogP) is 2.64. The molecule has 0 amide bonds. The van der Waals surface area contributed by atoms with Gasteiger partial charge in [0.25, 0.3) is 0 Å². The molecule has 4 nitrogen and oxygen atoms in total. The Labute approximate surface area is 127 Å². The molecular weight excluding hydrogens is 266 g/mol. The van der Waals surface area contributed by atoms with E-state index in [2.05, 4.69) is 19.0 Å². The predicted molar refractivity (Wildman–Crippen MR) is 84.0 cm³/mol. The minimum absolute atomic E-state index is 0.249. The quantitative estimate of drug-likeness (QED) is 0.906. The lowest BCUT2D eigenvalue weighted by molar-refractivity contribution is -0.0619. The molecule has 2 rings (SSSR count). The van der Waals surface area contributed by atoms with E-state index in [4.69, 9.17) is 9.47 Å². The molecule has 0 saturated heterocycles. The van der Waals surface area contributed by atoms with Gasteiger partial charge in [-0.25, -0.2) is 0 Å². The molecule has 0 aromatic heterocycles. The zero-order valence-electron chi connectivity index (χ0n) is 13.6. The Morgan fingerprint density at radius 1 is 1.19 bits per heavy atom. The van der Waals surface area contributed by atoms with E-state index in [-0.39, 0.29) is 5.92 Å². The van der Waals surface area contributed by atoms with Gasteiger partial charge in [0.05, 0.1) is 19.8 Å². The van der Waals surface area contributed by atoms with Gasteiger partial charge in [-0.3, -0.25) is 0 Å². The topological polar surface area (TPSA) is 41.9 Å². The number of hydrogen-bond acceptors (Lipinski definition) is 4. The van der Waals surface area contributed by atoms with Gasteiger partial charge in [0.15, 0.2) is 11.5 Å². The van der Waals surface area contributed by atoms with E-state index < -0.39 is 5.60 Å². The number of aliphatic hydroxyl groups is 1. The van der Waals surface area contributed by atoms with Crippen molar-refractivity contribution in [3.05, 3.63) is 23.8 Å². The summed E-state index contributed by atoms with van der Waals surface area (Å²) in [5, 5.41) is 11.3. The van der Waals surface area contributed by atoms with Crippen LogP contribution >= 0.6 is 0 Å². The second-order valence-corrected chi connectivity index (χ2v) is 6.20. The van der Waals surface area contributed by atoms with Crippen molar-refractivity contribution in [3.63, 3.8) is 0 Å². The summed E-state index contributed by atoms with van der Waals surface area (Å²) in [5.41, 5.74) is 0.161. The molecule has 1 aromatic carbocycles. The highest BCUT2D eigenvalue weighted by molar-refractivity contribution is 5.45. The molecule has 4 heteroatoms. The molecule has 1 fully saturated rings. The number of nitrogens with zero attached hydrogens (tertiary/aromatic N) is 1. The largest absolute Gasteiger partial charge is 0.493 e. The van der Waals surface area contributed by atoms with Gasteiger partial charge in [-0.2, -0.15) is 0 Å². The maximum atomic E-state index is 11.3. The highest BCUT2D eigenvalue weighted by Crippen LogP contribution is 2.44. The van der Waals surface area contributed by atoms with Crippen LogP contribution in [0.2, 0.25) is 0 Å². The van der Waals surface area contributed by atoms with E-state index in [0.29, 0.717) is 11.5 Å². The maximum absolute atomic E-state index is 11.3. The monoisotopic (exact) mass is 293 g/mol. The van der Waals surface area contributed by atoms with Crippen LogP contribution in [0.3, 0.4) is 0 Å². The minimum Gasteiger partial charge on any atom is -0.493 e. The fraction of sp³-hybridized carbons (Fsp3) is 0.647. The van der Waals surface area contributed by atoms with Crippen LogP contribution in [0, 0.1) is 5.92 Å². The average Bonchev–Trinajstić information content (AvgIpc) is 2.48. The van der Waals surface area contributed by atoms with Crippen molar-refractivity contribution in [2.45, 2.75) is 31.3 Å². The van der Waals surface area contributed by atoms with E-state index >= 15 is 0 Å². The number of methoxy groups -OCH3 is 2. The van der Waals surface area contributed by atoms with Gasteiger partial charge in [0.1, 0.15) is 0 Å². The van der Waals surface area contributed by atoms with E-state index in [9.17, 15) is 5.11 Å². The summed E-state index contributed by atoms with van der Waals surface area (Å²) in [6.07, 6.45) is 4.12. The van der Waals surface area contributed by atoms with Gasteiger partial charge >= 0.3 is 0 Å². The van der Waals surface area contributed by atoms with Gasteiger partial charge in [0.2, 0.25) is 0 Å². The summed E-state index contributed by atoms with van der Waals surface area (Å²) in [4.78, 5) is 2.15. The molecule has 0 aliphatic heterocycles. The molecule has 21 heavy (non-hydrogen) atoms. The molecule has 2 unspecified atom stereocenters. The SMILES string of the molecule is COc1ccc(C2(O)CCCCC2CN(C)C)cc1OC. The summed E-state index contributed by atoms with van der Waals surface area (Å²) in [6.45, 7) is 0.894. The normalized spacial score (nSPS) is 25.9. The first-order valence-electron chi connectivity index (χ1n) is 7.61. The Balaban J connectivity index is 2.35. The van der Waals surface area contributed by atoms with Crippen molar-refractivity contribution in [2.75, 3.05) is 34.9 Å². The summed E-state index contributed by atoms with van der Waals surface area (Å²) in [7, 11) is 7.37. The zero-order chi connectivity index (χ0) is 15.5. The lowest BCUT2D eigenvalue weighted by Gasteiger charge is -2.42. The van der Waals surface area contributed by atoms with Crippen LogP contribution in [-0.2, 0) is 5.60 Å². The van der Waals surface area contributed by atoms with Crippen LogP contribution in [0.1, 0.15) is 31.2 Å². The van der Waals surface area contributed by atoms with Crippen LogP contribution in [0.5, 0.6) is 11.5 Å². The number of hydrogen-bond donors (Lipinski definition) is 1. The van der Waals surface area contributed by atoms with Crippen LogP contribution in [-0.4, -0.2) is 44.9 Å². The van der Waals surface area contributed by atoms with Gasteiger partial charge in [-0.1, -0.05) is 18.9 Å². The Morgan fingerprint density at radius 2 is 1.90 bits per heavy atom. The van der Waals surface area contributed by atoms with E-state index in [1.807, 2.05) is 18.2 Å². The number of ether oxygens (including phenoxy) is 2. The third-order valence-electron chi connectivity index (χ3n) is 4.50. The second-order valence-electron chi connectivity index (χ2n) is 6.20. The fourth-order valence-electron chi connectivity index (χ4n) is 3.40. The first-order valence-corrected chi connectivity index (χ1v) is 7.61. The zero-order valence-corrected chi connectivity index (χ0v) is 13.6. The molecule has 1 aliphatic carbocycles. The van der Waals surface area contributed by atoms with Crippen molar-refractivity contribution < 1.29 is 14.6 Å². The third-order valence-corrected chi connectivity index (χ3v) is 4.50. The molecular formula is C17H27NO3. The summed E-state index contributed by atoms with van der Waals surface area (Å²) >= 11 is 0. The maximum Gasteiger partial charge on any atom is 0.161 e. The van der Waals surface area contributed by atoms with E-state index in [1.165, 1.54) is 6.42 Å². The van der Waals surface area contributed by atoms with Crippen molar-refractivity contribution in [1.82, 2.24) is 4.90 Å². The van der Waals surface area contributed by atoms with Crippen molar-refractivity contribution in [1.29, 1.82) is 0 Å². The van der Waals surface area contributed by atoms with E-state index in [0.717, 1.165) is 31.4 Å². The van der Waals surface area contributed by atoms with Crippen LogP contribution in [0.4, 0.5) is 0 Å². The smallest absolute Gasteiger partial charge is 0.161 e. The average molecular weight is 293 g/mol. The van der Waals surface area contributed by atoms with Gasteiger partial charge in [-0.15, -0.1) is 0 Å². The van der Waals surface area contributed by atoms with Crippen LogP contribution < -0.4 is 9.47 Å². The van der Waals surface area contributed by atoms with Crippen LogP contribution in [0.15, 0.2) is 18.2 Å². The number of benzene rings is 1. The van der Waals surface area contributed by atoms with E-state index in [1.54, 1.807) is 14.2 Å². The summed E-state index contributed by atoms with van der Waals surface area (Å²) < 4.78 is 10.7. The van der Waals surface area contributed by atoms with Crippen LogP contribution in [0.25, 0.3) is 0 Å². The molecule has 1 aromatic rings. The molecule has 0 spiro atoms. The summed E-state index contributed by atoms with van der Waals surface area (Å²) in [5.74, 6) is 1.63. The Morgan fingerprint density at radius 3 is 2.52 bits per heavy atom. The van der Waals surface area contributed by atoms with Crippen molar-refractivity contribution in [3.8, 4) is 11.5 Å². The molecule has 1 aliphatic rings.